The van der Waals surface area contributed by atoms with E-state index in [1.54, 1.807) is 13.1 Å². The van der Waals surface area contributed by atoms with Crippen molar-refractivity contribution in [3.8, 4) is 5.75 Å². The summed E-state index contributed by atoms with van der Waals surface area (Å²) in [5, 5.41) is 3.85. The third kappa shape index (κ3) is 2.72. The summed E-state index contributed by atoms with van der Waals surface area (Å²) in [7, 11) is 0. The summed E-state index contributed by atoms with van der Waals surface area (Å²) < 4.78 is 10.7. The zero-order valence-corrected chi connectivity index (χ0v) is 11.2. The Kier molecular flexibility index (Phi) is 3.52. The molecule has 0 radical (unpaired) electrons. The third-order valence-electron chi connectivity index (χ3n) is 3.23. The molecule has 1 fully saturated rings. The Morgan fingerprint density at radius 2 is 2.25 bits per heavy atom. The smallest absolute Gasteiger partial charge is 0.261 e. The topological polar surface area (TPSA) is 60.5 Å². The summed E-state index contributed by atoms with van der Waals surface area (Å²) >= 11 is 0. The van der Waals surface area contributed by atoms with Crippen molar-refractivity contribution in [2.75, 3.05) is 13.2 Å². The van der Waals surface area contributed by atoms with E-state index in [1.165, 1.54) is 0 Å². The summed E-state index contributed by atoms with van der Waals surface area (Å²) in [6.45, 7) is 2.88. The van der Waals surface area contributed by atoms with Gasteiger partial charge in [-0.1, -0.05) is 18.2 Å². The van der Waals surface area contributed by atoms with Crippen LogP contribution in [-0.2, 0) is 9.53 Å². The van der Waals surface area contributed by atoms with Crippen LogP contribution in [0, 0.1) is 0 Å². The van der Waals surface area contributed by atoms with Gasteiger partial charge in [-0.3, -0.25) is 9.78 Å². The molecule has 2 aromatic rings. The van der Waals surface area contributed by atoms with Crippen LogP contribution >= 0.6 is 0 Å². The molecule has 2 heterocycles. The molecule has 5 nitrogen and oxygen atoms in total. The number of carbonyl (C=O) groups is 1. The number of fused-ring (bicyclic) bond motifs is 1. The number of hydrogen-bond acceptors (Lipinski definition) is 4. The minimum absolute atomic E-state index is 0.114. The number of nitrogens with zero attached hydrogens (tertiary/aromatic N) is 1. The zero-order chi connectivity index (χ0) is 13.9. The van der Waals surface area contributed by atoms with E-state index in [4.69, 9.17) is 9.47 Å². The zero-order valence-electron chi connectivity index (χ0n) is 11.2. The number of hydrogen-bond donors (Lipinski definition) is 1. The molecule has 0 spiro atoms. The van der Waals surface area contributed by atoms with Crippen LogP contribution < -0.4 is 10.1 Å². The third-order valence-corrected chi connectivity index (χ3v) is 3.23. The highest BCUT2D eigenvalue weighted by Gasteiger charge is 2.24. The lowest BCUT2D eigenvalue weighted by Gasteiger charge is -2.28. The average Bonchev–Trinajstić information content (AvgIpc) is 2.42. The van der Waals surface area contributed by atoms with E-state index in [0.717, 1.165) is 10.9 Å². The molecule has 0 aliphatic carbocycles. The van der Waals surface area contributed by atoms with Crippen LogP contribution in [0.3, 0.4) is 0 Å². The van der Waals surface area contributed by atoms with Gasteiger partial charge in [0.05, 0.1) is 31.0 Å². The second-order valence-corrected chi connectivity index (χ2v) is 4.87. The maximum atomic E-state index is 11.9. The van der Waals surface area contributed by atoms with Crippen LogP contribution in [0.25, 0.3) is 10.9 Å². The minimum atomic E-state index is -0.557. The van der Waals surface area contributed by atoms with Crippen molar-refractivity contribution in [3.05, 3.63) is 36.5 Å². The van der Waals surface area contributed by atoms with Crippen molar-refractivity contribution in [2.24, 2.45) is 0 Å². The monoisotopic (exact) mass is 272 g/mol. The molecule has 1 aliphatic rings. The lowest BCUT2D eigenvalue weighted by molar-refractivity contribution is -0.131. The first-order valence-corrected chi connectivity index (χ1v) is 6.62. The molecular weight excluding hydrogens is 256 g/mol. The predicted molar refractivity (Wildman–Crippen MR) is 74.6 cm³/mol. The van der Waals surface area contributed by atoms with E-state index < -0.39 is 6.10 Å². The van der Waals surface area contributed by atoms with Crippen LogP contribution in [-0.4, -0.2) is 36.3 Å². The maximum absolute atomic E-state index is 11.9. The summed E-state index contributed by atoms with van der Waals surface area (Å²) in [6, 6.07) is 9.78. The van der Waals surface area contributed by atoms with Crippen LogP contribution in [0.1, 0.15) is 6.92 Å². The second kappa shape index (κ2) is 5.46. The molecule has 0 saturated carbocycles. The first kappa shape index (κ1) is 12.9. The van der Waals surface area contributed by atoms with Crippen molar-refractivity contribution < 1.29 is 14.3 Å². The summed E-state index contributed by atoms with van der Waals surface area (Å²) in [5.74, 6) is 0.461. The number of benzene rings is 1. The van der Waals surface area contributed by atoms with E-state index in [9.17, 15) is 4.79 Å². The van der Waals surface area contributed by atoms with Gasteiger partial charge in [-0.25, -0.2) is 0 Å². The van der Waals surface area contributed by atoms with Gasteiger partial charge < -0.3 is 14.8 Å². The van der Waals surface area contributed by atoms with Gasteiger partial charge in [-0.05, 0) is 19.1 Å². The predicted octanol–water partition coefficient (Wildman–Crippen LogP) is 1.52. The first-order valence-electron chi connectivity index (χ1n) is 6.62. The molecule has 1 aromatic carbocycles. The number of pyridine rings is 1. The fraction of sp³-hybridized carbons (Fsp3) is 0.333. The maximum Gasteiger partial charge on any atom is 0.261 e. The minimum Gasteiger partial charge on any atom is -0.479 e. The number of ether oxygens (including phenoxy) is 2. The van der Waals surface area contributed by atoms with Gasteiger partial charge in [0.25, 0.3) is 5.91 Å². The summed E-state index contributed by atoms with van der Waals surface area (Å²) in [6.07, 6.45) is 1.08. The van der Waals surface area contributed by atoms with E-state index in [2.05, 4.69) is 10.3 Å². The van der Waals surface area contributed by atoms with Gasteiger partial charge in [0.1, 0.15) is 5.75 Å². The van der Waals surface area contributed by atoms with Crippen molar-refractivity contribution >= 4 is 16.8 Å². The average molecular weight is 272 g/mol. The molecule has 1 N–H and O–H groups in total. The highest BCUT2D eigenvalue weighted by atomic mass is 16.5. The van der Waals surface area contributed by atoms with Crippen LogP contribution in [0.15, 0.2) is 36.5 Å². The van der Waals surface area contributed by atoms with Crippen molar-refractivity contribution in [3.63, 3.8) is 0 Å². The van der Waals surface area contributed by atoms with Crippen molar-refractivity contribution in [1.29, 1.82) is 0 Å². The van der Waals surface area contributed by atoms with Crippen LogP contribution in [0.4, 0.5) is 0 Å². The Hall–Kier alpha value is -2.14. The fourth-order valence-electron chi connectivity index (χ4n) is 2.01. The molecular formula is C15H16N2O3. The van der Waals surface area contributed by atoms with Crippen molar-refractivity contribution in [1.82, 2.24) is 10.3 Å². The molecule has 1 atom stereocenters. The summed E-state index contributed by atoms with van der Waals surface area (Å²) in [5.41, 5.74) is 0.906. The summed E-state index contributed by atoms with van der Waals surface area (Å²) in [4.78, 5) is 16.2. The lowest BCUT2D eigenvalue weighted by Crippen LogP contribution is -2.51. The first-order chi connectivity index (χ1) is 9.72. The van der Waals surface area contributed by atoms with Crippen LogP contribution in [0.5, 0.6) is 5.75 Å². The molecule has 3 rings (SSSR count). The van der Waals surface area contributed by atoms with Gasteiger partial charge in [-0.2, -0.15) is 0 Å². The number of rotatable bonds is 4. The fourth-order valence-corrected chi connectivity index (χ4v) is 2.01. The molecule has 1 saturated heterocycles. The molecule has 0 bridgehead atoms. The Morgan fingerprint density at radius 3 is 3.00 bits per heavy atom. The van der Waals surface area contributed by atoms with E-state index >= 15 is 0 Å². The second-order valence-electron chi connectivity index (χ2n) is 4.87. The highest BCUT2D eigenvalue weighted by molar-refractivity contribution is 5.82. The van der Waals surface area contributed by atoms with E-state index in [-0.39, 0.29) is 11.9 Å². The molecule has 104 valence electrons. The van der Waals surface area contributed by atoms with Crippen LogP contribution in [0.2, 0.25) is 0 Å². The molecule has 20 heavy (non-hydrogen) atoms. The SMILES string of the molecule is C[C@H](Oc1cnc2ccccc2c1)C(=O)NC1COC1. The van der Waals surface area contributed by atoms with Gasteiger partial charge >= 0.3 is 0 Å². The van der Waals surface area contributed by atoms with Gasteiger partial charge in [0.2, 0.25) is 0 Å². The molecule has 0 unspecified atom stereocenters. The molecule has 1 aliphatic heterocycles. The van der Waals surface area contributed by atoms with E-state index in [1.807, 2.05) is 30.3 Å². The Balaban J connectivity index is 1.66. The lowest BCUT2D eigenvalue weighted by atomic mass is 10.2. The van der Waals surface area contributed by atoms with Gasteiger partial charge in [-0.15, -0.1) is 0 Å². The number of amides is 1. The molecule has 1 amide bonds. The van der Waals surface area contributed by atoms with Gasteiger partial charge in [0, 0.05) is 5.39 Å². The number of carbonyl (C=O) groups excluding carboxylic acids is 1. The molecule has 1 aromatic heterocycles. The largest absolute Gasteiger partial charge is 0.479 e. The quantitative estimate of drug-likeness (QED) is 0.916. The van der Waals surface area contributed by atoms with Crippen molar-refractivity contribution in [2.45, 2.75) is 19.1 Å². The number of aromatic nitrogens is 1. The number of nitrogens with one attached hydrogen (secondary N) is 1. The Labute approximate surface area is 116 Å². The van der Waals surface area contributed by atoms with Gasteiger partial charge in [0.15, 0.2) is 6.10 Å². The standard InChI is InChI=1S/C15H16N2O3/c1-10(15(18)17-12-8-19-9-12)20-13-6-11-4-2-3-5-14(11)16-7-13/h2-7,10,12H,8-9H2,1H3,(H,17,18)/t10-/m0/s1. The Morgan fingerprint density at radius 1 is 1.45 bits per heavy atom. The van der Waals surface area contributed by atoms with E-state index in [0.29, 0.717) is 19.0 Å². The highest BCUT2D eigenvalue weighted by Crippen LogP contribution is 2.19. The molecule has 5 heteroatoms. The Bertz CT molecular complexity index is 625. The normalized spacial score (nSPS) is 16.4. The number of para-hydroxylation sites is 1.